The molecule has 0 radical (unpaired) electrons. The van der Waals surface area contributed by atoms with Crippen molar-refractivity contribution in [1.29, 1.82) is 0 Å². The van der Waals surface area contributed by atoms with E-state index in [9.17, 15) is 0 Å². The normalized spacial score (nSPS) is 30.7. The van der Waals surface area contributed by atoms with Crippen LogP contribution in [0.5, 0.6) is 0 Å². The summed E-state index contributed by atoms with van der Waals surface area (Å²) in [5.74, 6) is 1.96. The Balaban J connectivity index is 2.16. The van der Waals surface area contributed by atoms with E-state index in [0.29, 0.717) is 0 Å². The lowest BCUT2D eigenvalue weighted by atomic mass is 9.91. The molecule has 1 heteroatoms. The molecule has 1 rings (SSSR count). The molecule has 13 heavy (non-hydrogen) atoms. The molecule has 0 aromatic heterocycles. The fraction of sp³-hybridized carbons (Fsp3) is 1.00. The molecule has 0 amide bonds. The van der Waals surface area contributed by atoms with Gasteiger partial charge in [0.25, 0.3) is 0 Å². The standard InChI is InChI=1S/C12H25N/c1-4-5-10(2)8-11-6-7-12(9-11)13-3/h10-13H,4-9H2,1-3H3. The van der Waals surface area contributed by atoms with Gasteiger partial charge in [0, 0.05) is 6.04 Å². The summed E-state index contributed by atoms with van der Waals surface area (Å²) in [5, 5.41) is 3.40. The van der Waals surface area contributed by atoms with Gasteiger partial charge in [-0.15, -0.1) is 0 Å². The fourth-order valence-electron chi connectivity index (χ4n) is 2.73. The minimum absolute atomic E-state index is 0.818. The van der Waals surface area contributed by atoms with Crippen LogP contribution in [0.1, 0.15) is 52.4 Å². The average Bonchev–Trinajstić information content (AvgIpc) is 2.52. The highest BCUT2D eigenvalue weighted by Gasteiger charge is 2.24. The number of hydrogen-bond acceptors (Lipinski definition) is 1. The second kappa shape index (κ2) is 5.64. The van der Waals surface area contributed by atoms with Crippen molar-refractivity contribution in [2.75, 3.05) is 7.05 Å². The largest absolute Gasteiger partial charge is 0.317 e. The maximum absolute atomic E-state index is 3.40. The highest BCUT2D eigenvalue weighted by molar-refractivity contribution is 4.80. The maximum atomic E-state index is 3.40. The van der Waals surface area contributed by atoms with E-state index >= 15 is 0 Å². The van der Waals surface area contributed by atoms with Crippen LogP contribution in [0.4, 0.5) is 0 Å². The van der Waals surface area contributed by atoms with Gasteiger partial charge in [0.15, 0.2) is 0 Å². The van der Waals surface area contributed by atoms with Crippen molar-refractivity contribution in [3.8, 4) is 0 Å². The summed E-state index contributed by atoms with van der Waals surface area (Å²) in [4.78, 5) is 0. The lowest BCUT2D eigenvalue weighted by molar-refractivity contribution is 0.371. The number of hydrogen-bond donors (Lipinski definition) is 1. The molecule has 1 N–H and O–H groups in total. The van der Waals surface area contributed by atoms with Crippen LogP contribution in [0.25, 0.3) is 0 Å². The summed E-state index contributed by atoms with van der Waals surface area (Å²) in [6.07, 6.45) is 8.51. The van der Waals surface area contributed by atoms with Crippen LogP contribution >= 0.6 is 0 Å². The summed E-state index contributed by atoms with van der Waals surface area (Å²) in [6, 6.07) is 0.818. The van der Waals surface area contributed by atoms with Crippen LogP contribution in [0.3, 0.4) is 0 Å². The minimum atomic E-state index is 0.818. The van der Waals surface area contributed by atoms with E-state index in [0.717, 1.165) is 17.9 Å². The van der Waals surface area contributed by atoms with Gasteiger partial charge < -0.3 is 5.32 Å². The fourth-order valence-corrected chi connectivity index (χ4v) is 2.73. The molecule has 0 aliphatic heterocycles. The third-order valence-corrected chi connectivity index (χ3v) is 3.47. The van der Waals surface area contributed by atoms with E-state index in [-0.39, 0.29) is 0 Å². The molecule has 3 atom stereocenters. The summed E-state index contributed by atoms with van der Waals surface area (Å²) in [6.45, 7) is 4.71. The summed E-state index contributed by atoms with van der Waals surface area (Å²) in [7, 11) is 2.10. The first-order chi connectivity index (χ1) is 6.26. The summed E-state index contributed by atoms with van der Waals surface area (Å²) < 4.78 is 0. The zero-order valence-electron chi connectivity index (χ0n) is 9.47. The van der Waals surface area contributed by atoms with Gasteiger partial charge in [0.05, 0.1) is 0 Å². The predicted molar refractivity (Wildman–Crippen MR) is 58.9 cm³/mol. The Bertz CT molecular complexity index is 133. The third-order valence-electron chi connectivity index (χ3n) is 3.47. The lowest BCUT2D eigenvalue weighted by Gasteiger charge is -2.15. The zero-order chi connectivity index (χ0) is 9.68. The van der Waals surface area contributed by atoms with Gasteiger partial charge in [-0.3, -0.25) is 0 Å². The van der Waals surface area contributed by atoms with E-state index in [1.807, 2.05) is 0 Å². The SMILES string of the molecule is CCCC(C)CC1CCC(NC)C1. The monoisotopic (exact) mass is 183 g/mol. The Morgan fingerprint density at radius 3 is 2.69 bits per heavy atom. The van der Waals surface area contributed by atoms with Crippen molar-refractivity contribution in [2.45, 2.75) is 58.4 Å². The molecule has 0 spiro atoms. The third kappa shape index (κ3) is 3.68. The van der Waals surface area contributed by atoms with Gasteiger partial charge in [0.2, 0.25) is 0 Å². The molecule has 3 unspecified atom stereocenters. The van der Waals surface area contributed by atoms with Crippen molar-refractivity contribution in [3.63, 3.8) is 0 Å². The van der Waals surface area contributed by atoms with E-state index < -0.39 is 0 Å². The van der Waals surface area contributed by atoms with Crippen molar-refractivity contribution in [1.82, 2.24) is 5.32 Å². The van der Waals surface area contributed by atoms with Gasteiger partial charge in [-0.2, -0.15) is 0 Å². The van der Waals surface area contributed by atoms with Crippen molar-refractivity contribution in [3.05, 3.63) is 0 Å². The van der Waals surface area contributed by atoms with Gasteiger partial charge in [-0.1, -0.05) is 26.7 Å². The molecule has 0 bridgehead atoms. The summed E-state index contributed by atoms with van der Waals surface area (Å²) in [5.41, 5.74) is 0. The van der Waals surface area contributed by atoms with Crippen LogP contribution in [0, 0.1) is 11.8 Å². The van der Waals surface area contributed by atoms with Crippen LogP contribution in [-0.2, 0) is 0 Å². The second-order valence-corrected chi connectivity index (χ2v) is 4.79. The molecule has 0 aromatic rings. The van der Waals surface area contributed by atoms with Crippen molar-refractivity contribution >= 4 is 0 Å². The van der Waals surface area contributed by atoms with Crippen LogP contribution in [0.2, 0.25) is 0 Å². The number of rotatable bonds is 5. The highest BCUT2D eigenvalue weighted by Crippen LogP contribution is 2.31. The maximum Gasteiger partial charge on any atom is 0.00668 e. The van der Waals surface area contributed by atoms with Gasteiger partial charge >= 0.3 is 0 Å². The summed E-state index contributed by atoms with van der Waals surface area (Å²) >= 11 is 0. The van der Waals surface area contributed by atoms with E-state index in [4.69, 9.17) is 0 Å². The molecule has 1 aliphatic rings. The zero-order valence-corrected chi connectivity index (χ0v) is 9.47. The highest BCUT2D eigenvalue weighted by atomic mass is 14.9. The first-order valence-electron chi connectivity index (χ1n) is 5.93. The van der Waals surface area contributed by atoms with Crippen LogP contribution < -0.4 is 5.32 Å². The molecular weight excluding hydrogens is 158 g/mol. The molecule has 1 fully saturated rings. The van der Waals surface area contributed by atoms with Crippen LogP contribution in [0.15, 0.2) is 0 Å². The Kier molecular flexibility index (Phi) is 4.79. The Labute approximate surface area is 83.3 Å². The molecular formula is C12H25N. The first kappa shape index (κ1) is 11.0. The predicted octanol–water partition coefficient (Wildman–Crippen LogP) is 3.20. The van der Waals surface area contributed by atoms with Gasteiger partial charge in [0.1, 0.15) is 0 Å². The minimum Gasteiger partial charge on any atom is -0.317 e. The number of nitrogens with one attached hydrogen (secondary N) is 1. The smallest absolute Gasteiger partial charge is 0.00668 e. The van der Waals surface area contributed by atoms with Gasteiger partial charge in [-0.05, 0) is 44.6 Å². The second-order valence-electron chi connectivity index (χ2n) is 4.79. The molecule has 0 saturated heterocycles. The Morgan fingerprint density at radius 2 is 2.15 bits per heavy atom. The Morgan fingerprint density at radius 1 is 1.38 bits per heavy atom. The molecule has 78 valence electrons. The molecule has 1 nitrogen and oxygen atoms in total. The lowest BCUT2D eigenvalue weighted by Crippen LogP contribution is -2.21. The van der Waals surface area contributed by atoms with Crippen molar-refractivity contribution in [2.24, 2.45) is 11.8 Å². The molecule has 1 aliphatic carbocycles. The van der Waals surface area contributed by atoms with E-state index in [2.05, 4.69) is 26.2 Å². The van der Waals surface area contributed by atoms with E-state index in [1.165, 1.54) is 38.5 Å². The quantitative estimate of drug-likeness (QED) is 0.690. The molecule has 0 heterocycles. The van der Waals surface area contributed by atoms with Crippen molar-refractivity contribution < 1.29 is 0 Å². The topological polar surface area (TPSA) is 12.0 Å². The first-order valence-corrected chi connectivity index (χ1v) is 5.93. The molecule has 1 saturated carbocycles. The van der Waals surface area contributed by atoms with Crippen LogP contribution in [-0.4, -0.2) is 13.1 Å². The molecule has 0 aromatic carbocycles. The average molecular weight is 183 g/mol. The Hall–Kier alpha value is -0.0400. The van der Waals surface area contributed by atoms with Gasteiger partial charge in [-0.25, -0.2) is 0 Å². The van der Waals surface area contributed by atoms with E-state index in [1.54, 1.807) is 0 Å².